The van der Waals surface area contributed by atoms with Gasteiger partial charge in [0.1, 0.15) is 18.1 Å². The summed E-state index contributed by atoms with van der Waals surface area (Å²) in [5.74, 6) is 2.60. The molecule has 198 valence electrons. The number of ether oxygens (including phenoxy) is 2. The van der Waals surface area contributed by atoms with Crippen molar-refractivity contribution in [2.75, 3.05) is 49.2 Å². The molecule has 1 heterocycles. The molecule has 1 aliphatic rings. The lowest BCUT2D eigenvalue weighted by atomic mass is 10.0. The van der Waals surface area contributed by atoms with Crippen molar-refractivity contribution in [1.82, 2.24) is 0 Å². The lowest BCUT2D eigenvalue weighted by molar-refractivity contribution is 0.233. The van der Waals surface area contributed by atoms with Crippen LogP contribution in [0.25, 0.3) is 0 Å². The average molecular weight is 493 g/mol. The molecule has 36 heavy (non-hydrogen) atoms. The third-order valence-electron chi connectivity index (χ3n) is 7.20. The Hall–Kier alpha value is -2.62. The van der Waals surface area contributed by atoms with Crippen LogP contribution in [0, 0.1) is 5.92 Å². The van der Waals surface area contributed by atoms with E-state index in [1.807, 2.05) is 0 Å². The van der Waals surface area contributed by atoms with Crippen molar-refractivity contribution in [3.05, 3.63) is 60.2 Å². The molecule has 0 radical (unpaired) electrons. The topological polar surface area (TPSA) is 24.9 Å². The Morgan fingerprint density at radius 2 is 1.33 bits per heavy atom. The molecule has 1 unspecified atom stereocenters. The summed E-state index contributed by atoms with van der Waals surface area (Å²) in [4.78, 5) is 4.95. The number of allylic oxidation sites excluding steroid dienone is 1. The predicted molar refractivity (Wildman–Crippen MR) is 155 cm³/mol. The van der Waals surface area contributed by atoms with E-state index in [-0.39, 0.29) is 0 Å². The van der Waals surface area contributed by atoms with Gasteiger partial charge in [0, 0.05) is 37.6 Å². The Morgan fingerprint density at radius 3 is 1.81 bits per heavy atom. The third-order valence-corrected chi connectivity index (χ3v) is 7.20. The van der Waals surface area contributed by atoms with Gasteiger partial charge >= 0.3 is 0 Å². The van der Waals surface area contributed by atoms with E-state index in [0.29, 0.717) is 12.5 Å². The molecule has 0 aromatic heterocycles. The van der Waals surface area contributed by atoms with Gasteiger partial charge in [-0.05, 0) is 79.3 Å². The van der Waals surface area contributed by atoms with Crippen LogP contribution in [0.2, 0.25) is 0 Å². The Kier molecular flexibility index (Phi) is 12.0. The highest BCUT2D eigenvalue weighted by Gasteiger charge is 2.18. The Balaban J connectivity index is 1.44. The molecule has 1 atom stereocenters. The lowest BCUT2D eigenvalue weighted by Gasteiger charge is -2.37. The van der Waals surface area contributed by atoms with Gasteiger partial charge in [0.15, 0.2) is 0 Å². The van der Waals surface area contributed by atoms with Crippen molar-refractivity contribution < 1.29 is 9.47 Å². The third kappa shape index (κ3) is 8.80. The van der Waals surface area contributed by atoms with Gasteiger partial charge in [-0.25, -0.2) is 0 Å². The molecule has 1 aliphatic heterocycles. The van der Waals surface area contributed by atoms with Crippen LogP contribution in [0.1, 0.15) is 72.6 Å². The molecule has 4 heteroatoms. The van der Waals surface area contributed by atoms with E-state index < -0.39 is 0 Å². The van der Waals surface area contributed by atoms with Crippen molar-refractivity contribution in [2.45, 2.75) is 72.6 Å². The molecule has 0 bridgehead atoms. The number of benzene rings is 2. The number of anilines is 2. The standard InChI is InChI=1S/C32H48N2O2/c1-5-9-12-27(8-4)25-35-31-17-13-29(14-18-31)33-21-23-34(24-22-33)30-15-19-32(20-16-30)36-26-28(10-6-2)11-7-3/h10,13-20,27H,5-9,11-12,21-26H2,1-4H3/b28-10-. The van der Waals surface area contributed by atoms with E-state index in [4.69, 9.17) is 9.47 Å². The first-order valence-electron chi connectivity index (χ1n) is 14.3. The molecule has 0 amide bonds. The summed E-state index contributed by atoms with van der Waals surface area (Å²) < 4.78 is 12.1. The van der Waals surface area contributed by atoms with Gasteiger partial charge in [-0.2, -0.15) is 0 Å². The first kappa shape index (κ1) is 28.0. The van der Waals surface area contributed by atoms with E-state index in [1.165, 1.54) is 42.6 Å². The van der Waals surface area contributed by atoms with Crippen molar-refractivity contribution in [3.8, 4) is 11.5 Å². The summed E-state index contributed by atoms with van der Waals surface area (Å²) in [7, 11) is 0. The van der Waals surface area contributed by atoms with Gasteiger partial charge in [0.2, 0.25) is 0 Å². The van der Waals surface area contributed by atoms with Crippen LogP contribution < -0.4 is 19.3 Å². The molecule has 0 spiro atoms. The maximum absolute atomic E-state index is 6.10. The second kappa shape index (κ2) is 15.5. The summed E-state index contributed by atoms with van der Waals surface area (Å²) in [6.07, 6.45) is 10.7. The van der Waals surface area contributed by atoms with Crippen LogP contribution in [0.5, 0.6) is 11.5 Å². The minimum Gasteiger partial charge on any atom is -0.493 e. The molecule has 1 saturated heterocycles. The molecule has 2 aromatic carbocycles. The summed E-state index contributed by atoms with van der Waals surface area (Å²) in [5, 5.41) is 0. The van der Waals surface area contributed by atoms with Crippen LogP contribution >= 0.6 is 0 Å². The Labute approximate surface area is 220 Å². The number of rotatable bonds is 15. The van der Waals surface area contributed by atoms with Crippen molar-refractivity contribution >= 4 is 11.4 Å². The number of nitrogens with zero attached hydrogens (tertiary/aromatic N) is 2. The van der Waals surface area contributed by atoms with Crippen LogP contribution in [0.3, 0.4) is 0 Å². The molecule has 0 saturated carbocycles. The van der Waals surface area contributed by atoms with Gasteiger partial charge in [0.05, 0.1) is 6.61 Å². The number of hydrogen-bond acceptors (Lipinski definition) is 4. The molecular formula is C32H48N2O2. The van der Waals surface area contributed by atoms with Gasteiger partial charge in [-0.3, -0.25) is 0 Å². The monoisotopic (exact) mass is 492 g/mol. The second-order valence-corrected chi connectivity index (χ2v) is 10.00. The van der Waals surface area contributed by atoms with Gasteiger partial charge < -0.3 is 19.3 Å². The number of hydrogen-bond donors (Lipinski definition) is 0. The highest BCUT2D eigenvalue weighted by molar-refractivity contribution is 5.54. The first-order chi connectivity index (χ1) is 17.7. The van der Waals surface area contributed by atoms with Crippen molar-refractivity contribution in [2.24, 2.45) is 5.92 Å². The maximum atomic E-state index is 6.10. The average Bonchev–Trinajstić information content (AvgIpc) is 2.93. The summed E-state index contributed by atoms with van der Waals surface area (Å²) >= 11 is 0. The predicted octanol–water partition coefficient (Wildman–Crippen LogP) is 8.12. The van der Waals surface area contributed by atoms with E-state index in [0.717, 1.165) is 63.5 Å². The fourth-order valence-corrected chi connectivity index (χ4v) is 4.86. The minimum atomic E-state index is 0.662. The van der Waals surface area contributed by atoms with Crippen molar-refractivity contribution in [1.29, 1.82) is 0 Å². The second-order valence-electron chi connectivity index (χ2n) is 10.00. The highest BCUT2D eigenvalue weighted by Crippen LogP contribution is 2.25. The van der Waals surface area contributed by atoms with Crippen molar-refractivity contribution in [3.63, 3.8) is 0 Å². The fourth-order valence-electron chi connectivity index (χ4n) is 4.86. The smallest absolute Gasteiger partial charge is 0.119 e. The van der Waals surface area contributed by atoms with Gasteiger partial charge in [0.25, 0.3) is 0 Å². The normalized spacial score (nSPS) is 15.2. The zero-order chi connectivity index (χ0) is 25.6. The first-order valence-corrected chi connectivity index (χ1v) is 14.3. The minimum absolute atomic E-state index is 0.662. The summed E-state index contributed by atoms with van der Waals surface area (Å²) in [6.45, 7) is 14.5. The summed E-state index contributed by atoms with van der Waals surface area (Å²) in [5.41, 5.74) is 3.96. The van der Waals surface area contributed by atoms with E-state index >= 15 is 0 Å². The highest BCUT2D eigenvalue weighted by atomic mass is 16.5. The molecule has 0 aliphatic carbocycles. The fraction of sp³-hybridized carbons (Fsp3) is 0.562. The molecule has 0 N–H and O–H groups in total. The lowest BCUT2D eigenvalue weighted by Crippen LogP contribution is -2.46. The zero-order valence-corrected chi connectivity index (χ0v) is 23.2. The molecule has 2 aromatic rings. The molecule has 1 fully saturated rings. The molecule has 3 rings (SSSR count). The SMILES string of the molecule is CC/C=C(/CCC)COc1ccc(N2CCN(c3ccc(OCC(CC)CCCC)cc3)CC2)cc1. The van der Waals surface area contributed by atoms with Crippen LogP contribution in [-0.2, 0) is 0 Å². The quantitative estimate of drug-likeness (QED) is 0.234. The number of unbranched alkanes of at least 4 members (excludes halogenated alkanes) is 1. The Bertz CT molecular complexity index is 883. The van der Waals surface area contributed by atoms with Crippen LogP contribution in [0.4, 0.5) is 11.4 Å². The Morgan fingerprint density at radius 1 is 0.778 bits per heavy atom. The van der Waals surface area contributed by atoms with E-state index in [9.17, 15) is 0 Å². The number of piperazine rings is 1. The zero-order valence-electron chi connectivity index (χ0n) is 23.2. The van der Waals surface area contributed by atoms with E-state index in [2.05, 4.69) is 92.1 Å². The largest absolute Gasteiger partial charge is 0.493 e. The maximum Gasteiger partial charge on any atom is 0.119 e. The van der Waals surface area contributed by atoms with E-state index in [1.54, 1.807) is 0 Å². The van der Waals surface area contributed by atoms with Gasteiger partial charge in [-0.1, -0.05) is 59.5 Å². The molecule has 4 nitrogen and oxygen atoms in total. The van der Waals surface area contributed by atoms with Crippen LogP contribution in [-0.4, -0.2) is 39.4 Å². The van der Waals surface area contributed by atoms with Crippen LogP contribution in [0.15, 0.2) is 60.2 Å². The molecular weight excluding hydrogens is 444 g/mol. The van der Waals surface area contributed by atoms with Gasteiger partial charge in [-0.15, -0.1) is 0 Å². The summed E-state index contributed by atoms with van der Waals surface area (Å²) in [6, 6.07) is 17.3.